The third-order valence-corrected chi connectivity index (χ3v) is 11.1. The van der Waals surface area contributed by atoms with Crippen LogP contribution in [0.15, 0.2) is 182 Å². The van der Waals surface area contributed by atoms with Gasteiger partial charge in [-0.1, -0.05) is 158 Å². The van der Waals surface area contributed by atoms with Crippen LogP contribution in [0.4, 0.5) is 0 Å². The highest BCUT2D eigenvalue weighted by Gasteiger charge is 2.52. The summed E-state index contributed by atoms with van der Waals surface area (Å²) < 4.78 is 2.44. The highest BCUT2D eigenvalue weighted by atomic mass is 15.1. The molecule has 2 nitrogen and oxygen atoms in total. The maximum Gasteiger partial charge on any atom is 0.145 e. The molecule has 232 valence electrons. The van der Waals surface area contributed by atoms with Crippen LogP contribution in [0.5, 0.6) is 0 Å². The number of para-hydroxylation sites is 2. The van der Waals surface area contributed by atoms with Gasteiger partial charge in [0.25, 0.3) is 0 Å². The standard InChI is InChI=1S/C48H30N2/c1-3-17-33-31(15-1)32-16-2-4-18-34(32)38-22-9-14-28-45(38)50(44-27-13-8-21-37(33)44)47-46-39-23-7-12-26-42(39)48(43(46)29-30-49-47)40-24-10-5-19-35(40)36-20-6-11-25-41(36)48/h1-30H. The first-order chi connectivity index (χ1) is 24.9. The Labute approximate surface area is 289 Å². The molecule has 50 heavy (non-hydrogen) atoms. The molecule has 0 amide bonds. The summed E-state index contributed by atoms with van der Waals surface area (Å²) in [7, 11) is 0. The Morgan fingerprint density at radius 3 is 1.24 bits per heavy atom. The van der Waals surface area contributed by atoms with E-state index in [1.807, 2.05) is 6.20 Å². The largest absolute Gasteiger partial charge is 0.293 e. The monoisotopic (exact) mass is 634 g/mol. The predicted molar refractivity (Wildman–Crippen MR) is 208 cm³/mol. The zero-order valence-corrected chi connectivity index (χ0v) is 27.2. The number of benzene rings is 7. The molecule has 0 bridgehead atoms. The van der Waals surface area contributed by atoms with Crippen molar-refractivity contribution >= 4 is 43.4 Å². The normalized spacial score (nSPS) is 13.4. The van der Waals surface area contributed by atoms with Crippen molar-refractivity contribution in [2.24, 2.45) is 0 Å². The summed E-state index contributed by atoms with van der Waals surface area (Å²) in [6, 6.07) is 64.6. The molecular formula is C48H30N2. The van der Waals surface area contributed by atoms with Crippen LogP contribution < -0.4 is 0 Å². The summed E-state index contributed by atoms with van der Waals surface area (Å²) in [5.74, 6) is 0.936. The van der Waals surface area contributed by atoms with E-state index in [1.165, 1.54) is 76.8 Å². The molecule has 0 saturated heterocycles. The average molecular weight is 635 g/mol. The first-order valence-corrected chi connectivity index (χ1v) is 17.3. The Balaban J connectivity index is 1.40. The van der Waals surface area contributed by atoms with E-state index in [4.69, 9.17) is 4.98 Å². The van der Waals surface area contributed by atoms with Gasteiger partial charge in [0, 0.05) is 22.5 Å². The Morgan fingerprint density at radius 2 is 0.720 bits per heavy atom. The minimum absolute atomic E-state index is 0.450. The van der Waals surface area contributed by atoms with Crippen LogP contribution in [0.3, 0.4) is 0 Å². The molecule has 9 aromatic rings. The molecule has 11 rings (SSSR count). The third-order valence-electron chi connectivity index (χ3n) is 11.1. The summed E-state index contributed by atoms with van der Waals surface area (Å²) in [4.78, 5) is 5.38. The molecule has 0 saturated carbocycles. The second-order valence-electron chi connectivity index (χ2n) is 13.4. The molecule has 7 aromatic carbocycles. The van der Waals surface area contributed by atoms with Crippen molar-refractivity contribution in [3.05, 3.63) is 204 Å². The van der Waals surface area contributed by atoms with E-state index in [2.05, 4.69) is 180 Å². The van der Waals surface area contributed by atoms with Crippen LogP contribution >= 0.6 is 0 Å². The van der Waals surface area contributed by atoms with Crippen LogP contribution in [0.25, 0.3) is 71.4 Å². The van der Waals surface area contributed by atoms with E-state index >= 15 is 0 Å². The summed E-state index contributed by atoms with van der Waals surface area (Å²) in [5, 5.41) is 7.20. The van der Waals surface area contributed by atoms with Gasteiger partial charge in [-0.3, -0.25) is 4.57 Å². The lowest BCUT2D eigenvalue weighted by Crippen LogP contribution is -2.26. The van der Waals surface area contributed by atoms with Crippen LogP contribution in [-0.2, 0) is 5.41 Å². The predicted octanol–water partition coefficient (Wildman–Crippen LogP) is 12.0. The van der Waals surface area contributed by atoms with Gasteiger partial charge in [0.15, 0.2) is 0 Å². The fraction of sp³-hybridized carbons (Fsp3) is 0.0208. The SMILES string of the molecule is c1ccc2c(c1)-c1ccccc1C21c2ccccc2-c2c1ccnc2-n1c2ccccc2c2ccccc2c2ccccc2c2ccccc21. The molecule has 2 aliphatic rings. The van der Waals surface area contributed by atoms with Crippen LogP contribution in [-0.4, -0.2) is 9.55 Å². The molecular weight excluding hydrogens is 605 g/mol. The molecule has 0 atom stereocenters. The number of pyridine rings is 1. The summed E-state index contributed by atoms with van der Waals surface area (Å²) in [5.41, 5.74) is 12.0. The number of hydrogen-bond donors (Lipinski definition) is 0. The molecule has 1 spiro atoms. The lowest BCUT2D eigenvalue weighted by molar-refractivity contribution is 0.791. The molecule has 2 aromatic heterocycles. The van der Waals surface area contributed by atoms with Crippen molar-refractivity contribution in [2.75, 3.05) is 0 Å². The number of hydrogen-bond acceptors (Lipinski definition) is 1. The number of aromatic nitrogens is 2. The van der Waals surface area contributed by atoms with Crippen molar-refractivity contribution in [2.45, 2.75) is 5.41 Å². The molecule has 0 N–H and O–H groups in total. The molecule has 2 heteroatoms. The Kier molecular flexibility index (Phi) is 5.62. The quantitative estimate of drug-likeness (QED) is 0.176. The van der Waals surface area contributed by atoms with Crippen molar-refractivity contribution in [1.82, 2.24) is 9.55 Å². The van der Waals surface area contributed by atoms with Gasteiger partial charge < -0.3 is 0 Å². The van der Waals surface area contributed by atoms with E-state index in [9.17, 15) is 0 Å². The Morgan fingerprint density at radius 1 is 0.340 bits per heavy atom. The minimum atomic E-state index is -0.450. The molecule has 2 aliphatic carbocycles. The van der Waals surface area contributed by atoms with Gasteiger partial charge in [0.1, 0.15) is 5.82 Å². The number of nitrogens with zero attached hydrogens (tertiary/aromatic N) is 2. The Hall–Kier alpha value is -6.51. The van der Waals surface area contributed by atoms with Crippen LogP contribution in [0.2, 0.25) is 0 Å². The van der Waals surface area contributed by atoms with Gasteiger partial charge in [-0.05, 0) is 78.7 Å². The molecule has 2 heterocycles. The van der Waals surface area contributed by atoms with Gasteiger partial charge in [0.05, 0.1) is 16.4 Å². The highest BCUT2D eigenvalue weighted by molar-refractivity contribution is 6.19. The van der Waals surface area contributed by atoms with Crippen molar-refractivity contribution < 1.29 is 0 Å². The van der Waals surface area contributed by atoms with E-state index in [-0.39, 0.29) is 0 Å². The van der Waals surface area contributed by atoms with Crippen LogP contribution in [0, 0.1) is 0 Å². The second kappa shape index (κ2) is 10.2. The van der Waals surface area contributed by atoms with Gasteiger partial charge >= 0.3 is 0 Å². The highest BCUT2D eigenvalue weighted by Crippen LogP contribution is 2.63. The Bertz CT molecular complexity index is 2800. The van der Waals surface area contributed by atoms with Gasteiger partial charge in [-0.25, -0.2) is 4.98 Å². The first kappa shape index (κ1) is 27.4. The minimum Gasteiger partial charge on any atom is -0.293 e. The number of rotatable bonds is 1. The smallest absolute Gasteiger partial charge is 0.145 e. The number of fused-ring (bicyclic) bond motifs is 17. The summed E-state index contributed by atoms with van der Waals surface area (Å²) in [6.45, 7) is 0. The van der Waals surface area contributed by atoms with E-state index in [0.29, 0.717) is 0 Å². The van der Waals surface area contributed by atoms with Gasteiger partial charge in [-0.2, -0.15) is 0 Å². The zero-order chi connectivity index (χ0) is 32.8. The maximum absolute atomic E-state index is 5.38. The lowest BCUT2D eigenvalue weighted by Gasteiger charge is -2.30. The summed E-state index contributed by atoms with van der Waals surface area (Å²) in [6.07, 6.45) is 2.03. The van der Waals surface area contributed by atoms with Crippen molar-refractivity contribution in [3.8, 4) is 28.1 Å². The topological polar surface area (TPSA) is 17.8 Å². The van der Waals surface area contributed by atoms with E-state index in [0.717, 1.165) is 16.9 Å². The zero-order valence-electron chi connectivity index (χ0n) is 27.2. The first-order valence-electron chi connectivity index (χ1n) is 17.3. The van der Waals surface area contributed by atoms with Crippen LogP contribution in [0.1, 0.15) is 22.3 Å². The van der Waals surface area contributed by atoms with Crippen molar-refractivity contribution in [1.29, 1.82) is 0 Å². The third kappa shape index (κ3) is 3.45. The molecule has 0 aliphatic heterocycles. The fourth-order valence-electron chi connectivity index (χ4n) is 9.24. The maximum atomic E-state index is 5.38. The molecule has 0 radical (unpaired) electrons. The van der Waals surface area contributed by atoms with E-state index in [1.54, 1.807) is 0 Å². The van der Waals surface area contributed by atoms with Crippen molar-refractivity contribution in [3.63, 3.8) is 0 Å². The molecule has 0 fully saturated rings. The average Bonchev–Trinajstić information content (AvgIpc) is 3.67. The molecule has 0 unspecified atom stereocenters. The lowest BCUT2D eigenvalue weighted by atomic mass is 9.71. The van der Waals surface area contributed by atoms with Gasteiger partial charge in [-0.15, -0.1) is 0 Å². The second-order valence-corrected chi connectivity index (χ2v) is 13.4. The van der Waals surface area contributed by atoms with E-state index < -0.39 is 5.41 Å². The fourth-order valence-corrected chi connectivity index (χ4v) is 9.24. The van der Waals surface area contributed by atoms with Gasteiger partial charge in [0.2, 0.25) is 0 Å². The summed E-state index contributed by atoms with van der Waals surface area (Å²) >= 11 is 0.